The summed E-state index contributed by atoms with van der Waals surface area (Å²) >= 11 is 0. The Balaban J connectivity index is 2.24. The third-order valence-electron chi connectivity index (χ3n) is 4.33. The predicted molar refractivity (Wildman–Crippen MR) is 42.9 cm³/mol. The zero-order chi connectivity index (χ0) is 7.57. The van der Waals surface area contributed by atoms with Crippen LogP contribution in [0.25, 0.3) is 0 Å². The van der Waals surface area contributed by atoms with E-state index >= 15 is 0 Å². The molecule has 10 heavy (non-hydrogen) atoms. The number of likely N-dealkylation sites (tertiary alicyclic amines) is 1. The Morgan fingerprint density at radius 3 is 1.90 bits per heavy atom. The van der Waals surface area contributed by atoms with E-state index in [0.29, 0.717) is 10.8 Å². The van der Waals surface area contributed by atoms with Crippen LogP contribution in [0.2, 0.25) is 0 Å². The van der Waals surface area contributed by atoms with Gasteiger partial charge in [-0.3, -0.25) is 0 Å². The fraction of sp³-hybridized carbons (Fsp3) is 1.00. The van der Waals surface area contributed by atoms with E-state index < -0.39 is 0 Å². The fourth-order valence-electron chi connectivity index (χ4n) is 3.06. The predicted octanol–water partition coefficient (Wildman–Crippen LogP) is 1.59. The molecule has 2 rings (SSSR count). The first-order chi connectivity index (χ1) is 4.51. The summed E-state index contributed by atoms with van der Waals surface area (Å²) in [7, 11) is 2.23. The fourth-order valence-corrected chi connectivity index (χ4v) is 3.06. The Hall–Kier alpha value is -0.0400. The van der Waals surface area contributed by atoms with E-state index in [-0.39, 0.29) is 0 Å². The Morgan fingerprint density at radius 2 is 1.60 bits per heavy atom. The highest BCUT2D eigenvalue weighted by molar-refractivity contribution is 5.21. The quantitative estimate of drug-likeness (QED) is 0.492. The molecule has 0 aromatic heterocycles. The molecule has 1 heterocycles. The lowest BCUT2D eigenvalue weighted by molar-refractivity contribution is 0.305. The van der Waals surface area contributed by atoms with Gasteiger partial charge in [0.15, 0.2) is 0 Å². The lowest BCUT2D eigenvalue weighted by atomic mass is 10.0. The highest BCUT2D eigenvalue weighted by Crippen LogP contribution is 2.72. The molecule has 2 unspecified atom stereocenters. The summed E-state index contributed by atoms with van der Waals surface area (Å²) in [6, 6.07) is 0. The summed E-state index contributed by atoms with van der Waals surface area (Å²) in [5, 5.41) is 0. The zero-order valence-corrected chi connectivity index (χ0v) is 7.44. The third-order valence-corrected chi connectivity index (χ3v) is 4.33. The lowest BCUT2D eigenvalue weighted by Crippen LogP contribution is -2.22. The molecule has 1 nitrogen and oxygen atoms in total. The Bertz CT molecular complexity index is 160. The second-order valence-electron chi connectivity index (χ2n) is 4.73. The lowest BCUT2D eigenvalue weighted by Gasteiger charge is -2.15. The van der Waals surface area contributed by atoms with E-state index in [9.17, 15) is 0 Å². The van der Waals surface area contributed by atoms with Gasteiger partial charge in [-0.15, -0.1) is 0 Å². The monoisotopic (exact) mass is 139 g/mol. The highest BCUT2D eigenvalue weighted by Gasteiger charge is 2.71. The number of hydrogen-bond acceptors (Lipinski definition) is 1. The number of fused-ring (bicyclic) bond motifs is 1. The van der Waals surface area contributed by atoms with E-state index in [1.54, 1.807) is 0 Å². The van der Waals surface area contributed by atoms with Crippen LogP contribution in [0.5, 0.6) is 0 Å². The molecule has 0 N–H and O–H groups in total. The Kier molecular flexibility index (Phi) is 0.949. The average molecular weight is 139 g/mol. The number of nitrogens with zero attached hydrogens (tertiary/aromatic N) is 1. The van der Waals surface area contributed by atoms with Crippen molar-refractivity contribution in [2.75, 3.05) is 20.1 Å². The molecule has 0 spiro atoms. The van der Waals surface area contributed by atoms with Crippen molar-refractivity contribution in [1.29, 1.82) is 0 Å². The van der Waals surface area contributed by atoms with Crippen molar-refractivity contribution in [2.45, 2.75) is 20.8 Å². The van der Waals surface area contributed by atoms with Gasteiger partial charge in [-0.1, -0.05) is 20.8 Å². The van der Waals surface area contributed by atoms with Crippen molar-refractivity contribution < 1.29 is 0 Å². The maximum Gasteiger partial charge on any atom is 0.00411 e. The van der Waals surface area contributed by atoms with Gasteiger partial charge in [0.05, 0.1) is 0 Å². The van der Waals surface area contributed by atoms with E-state index in [2.05, 4.69) is 32.7 Å². The van der Waals surface area contributed by atoms with Crippen LogP contribution < -0.4 is 0 Å². The van der Waals surface area contributed by atoms with Crippen molar-refractivity contribution >= 4 is 0 Å². The van der Waals surface area contributed by atoms with Gasteiger partial charge >= 0.3 is 0 Å². The minimum Gasteiger partial charge on any atom is -0.305 e. The Labute approximate surface area is 63.4 Å². The molecule has 1 aliphatic heterocycles. The zero-order valence-electron chi connectivity index (χ0n) is 7.44. The van der Waals surface area contributed by atoms with Crippen molar-refractivity contribution in [3.63, 3.8) is 0 Å². The second-order valence-corrected chi connectivity index (χ2v) is 4.73. The molecule has 2 fully saturated rings. The second kappa shape index (κ2) is 1.42. The highest BCUT2D eigenvalue weighted by atomic mass is 15.2. The van der Waals surface area contributed by atoms with E-state index in [1.807, 2.05) is 0 Å². The molecule has 1 heteroatoms. The summed E-state index contributed by atoms with van der Waals surface area (Å²) in [6.07, 6.45) is 0. The van der Waals surface area contributed by atoms with Crippen LogP contribution in [-0.2, 0) is 0 Å². The number of hydrogen-bond donors (Lipinski definition) is 0. The van der Waals surface area contributed by atoms with Gasteiger partial charge in [-0.2, -0.15) is 0 Å². The largest absolute Gasteiger partial charge is 0.305 e. The number of rotatable bonds is 0. The molecule has 0 bridgehead atoms. The maximum absolute atomic E-state index is 2.46. The SMILES string of the molecule is CC1C2(C)CN(C)CC12C. The summed E-state index contributed by atoms with van der Waals surface area (Å²) in [4.78, 5) is 2.46. The van der Waals surface area contributed by atoms with E-state index in [0.717, 1.165) is 5.92 Å². The first-order valence-corrected chi connectivity index (χ1v) is 4.19. The van der Waals surface area contributed by atoms with Gasteiger partial charge in [0.25, 0.3) is 0 Å². The van der Waals surface area contributed by atoms with Gasteiger partial charge in [-0.25, -0.2) is 0 Å². The topological polar surface area (TPSA) is 3.24 Å². The van der Waals surface area contributed by atoms with Crippen LogP contribution in [0, 0.1) is 16.7 Å². The van der Waals surface area contributed by atoms with Crippen LogP contribution >= 0.6 is 0 Å². The summed E-state index contributed by atoms with van der Waals surface area (Å²) < 4.78 is 0. The minimum atomic E-state index is 0.655. The van der Waals surface area contributed by atoms with Crippen LogP contribution in [-0.4, -0.2) is 25.0 Å². The molecule has 1 saturated heterocycles. The summed E-state index contributed by atoms with van der Waals surface area (Å²) in [5.74, 6) is 0.955. The molecule has 0 aromatic rings. The smallest absolute Gasteiger partial charge is 0.00411 e. The molecule has 0 radical (unpaired) electrons. The van der Waals surface area contributed by atoms with Gasteiger partial charge in [0.1, 0.15) is 0 Å². The molecular weight excluding hydrogens is 122 g/mol. The normalized spacial score (nSPS) is 60.6. The summed E-state index contributed by atoms with van der Waals surface area (Å²) in [6.45, 7) is 9.88. The molecule has 1 aliphatic carbocycles. The van der Waals surface area contributed by atoms with Crippen LogP contribution in [0.1, 0.15) is 20.8 Å². The molecule has 1 saturated carbocycles. The van der Waals surface area contributed by atoms with Crippen molar-refractivity contribution in [3.8, 4) is 0 Å². The molecule has 0 amide bonds. The first-order valence-electron chi connectivity index (χ1n) is 4.19. The molecule has 2 aliphatic rings. The van der Waals surface area contributed by atoms with Crippen molar-refractivity contribution in [1.82, 2.24) is 4.90 Å². The van der Waals surface area contributed by atoms with E-state index in [4.69, 9.17) is 0 Å². The van der Waals surface area contributed by atoms with Crippen LogP contribution in [0.15, 0.2) is 0 Å². The average Bonchev–Trinajstić information content (AvgIpc) is 2.18. The Morgan fingerprint density at radius 1 is 1.20 bits per heavy atom. The molecule has 58 valence electrons. The standard InChI is InChI=1S/C9H17N/c1-7-8(2)5-10(4)6-9(7,8)3/h7H,5-6H2,1-4H3. The van der Waals surface area contributed by atoms with Crippen LogP contribution in [0.3, 0.4) is 0 Å². The van der Waals surface area contributed by atoms with Crippen molar-refractivity contribution in [2.24, 2.45) is 16.7 Å². The van der Waals surface area contributed by atoms with Crippen LogP contribution in [0.4, 0.5) is 0 Å². The first kappa shape index (κ1) is 6.66. The minimum absolute atomic E-state index is 0.655. The number of piperidine rings is 1. The van der Waals surface area contributed by atoms with Gasteiger partial charge in [-0.05, 0) is 23.8 Å². The molecule has 2 atom stereocenters. The maximum atomic E-state index is 2.46. The van der Waals surface area contributed by atoms with Gasteiger partial charge < -0.3 is 4.90 Å². The molecular formula is C9H17N. The summed E-state index contributed by atoms with van der Waals surface area (Å²) in [5.41, 5.74) is 1.31. The van der Waals surface area contributed by atoms with Crippen molar-refractivity contribution in [3.05, 3.63) is 0 Å². The third kappa shape index (κ3) is 0.460. The van der Waals surface area contributed by atoms with Gasteiger partial charge in [0, 0.05) is 13.1 Å². The van der Waals surface area contributed by atoms with Gasteiger partial charge in [0.2, 0.25) is 0 Å². The molecule has 0 aromatic carbocycles. The van der Waals surface area contributed by atoms with E-state index in [1.165, 1.54) is 13.1 Å².